The zero-order chi connectivity index (χ0) is 88.0. The summed E-state index contributed by atoms with van der Waals surface area (Å²) >= 11 is 5.62. The number of hydrogen-bond donors (Lipinski definition) is 0. The van der Waals surface area contributed by atoms with Gasteiger partial charge in [-0.15, -0.1) is 34.0 Å². The van der Waals surface area contributed by atoms with Crippen molar-refractivity contribution in [1.29, 1.82) is 0 Å². The van der Waals surface area contributed by atoms with Gasteiger partial charge in [-0.05, 0) is 128 Å². The molecular weight excluding hydrogens is 1690 g/mol. The van der Waals surface area contributed by atoms with Gasteiger partial charge in [-0.1, -0.05) is 352 Å². The van der Waals surface area contributed by atoms with Crippen LogP contribution in [0.3, 0.4) is 0 Å². The molecule has 29 rings (SSSR count). The van der Waals surface area contributed by atoms with Crippen LogP contribution >= 0.6 is 34.0 Å². The van der Waals surface area contributed by atoms with Crippen molar-refractivity contribution >= 4 is 214 Å². The Morgan fingerprint density at radius 1 is 0.216 bits per heavy atom. The molecule has 0 N–H and O–H groups in total. The first kappa shape index (κ1) is 77.0. The third-order valence-corrected chi connectivity index (χ3v) is 30.2. The molecule has 10 heterocycles. The van der Waals surface area contributed by atoms with Crippen LogP contribution in [0.5, 0.6) is 0 Å². The maximum Gasteiger partial charge on any atom is 0.235 e. The van der Waals surface area contributed by atoms with E-state index in [1.807, 2.05) is 64.5 Å². The summed E-state index contributed by atoms with van der Waals surface area (Å²) in [5.41, 5.74) is 22.3. The topological polar surface area (TPSA) is 92.1 Å². The van der Waals surface area contributed by atoms with Crippen molar-refractivity contribution in [3.63, 3.8) is 0 Å². The van der Waals surface area contributed by atoms with E-state index in [0.717, 1.165) is 117 Å². The van der Waals surface area contributed by atoms with E-state index in [2.05, 4.69) is 426 Å². The number of aromatic nitrogens is 9. The first-order valence-corrected chi connectivity index (χ1v) is 47.6. The lowest BCUT2D eigenvalue weighted by atomic mass is 9.99. The Balaban J connectivity index is 0.000000102. The number of hydrogen-bond acceptors (Lipinski definition) is 9. The van der Waals surface area contributed by atoms with Crippen molar-refractivity contribution in [2.24, 2.45) is 0 Å². The number of para-hydroxylation sites is 4. The molecule has 0 radical (unpaired) electrons. The molecule has 0 spiro atoms. The van der Waals surface area contributed by atoms with Crippen LogP contribution in [0.15, 0.2) is 443 Å². The van der Waals surface area contributed by atoms with E-state index in [1.54, 1.807) is 0 Å². The Morgan fingerprint density at radius 2 is 0.567 bits per heavy atom. The maximum absolute atomic E-state index is 5.53. The molecule has 19 aromatic carbocycles. The third kappa shape index (κ3) is 12.3. The molecule has 29 aromatic rings. The highest BCUT2D eigenvalue weighted by molar-refractivity contribution is 7.28. The van der Waals surface area contributed by atoms with Crippen molar-refractivity contribution in [1.82, 2.24) is 43.6 Å². The summed E-state index contributed by atoms with van der Waals surface area (Å²) in [6, 6.07) is 155. The van der Waals surface area contributed by atoms with Crippen LogP contribution in [0, 0.1) is 0 Å². The van der Waals surface area contributed by atoms with Crippen molar-refractivity contribution in [3.8, 4) is 84.9 Å². The van der Waals surface area contributed by atoms with E-state index in [9.17, 15) is 0 Å². The average Bonchev–Trinajstić information content (AvgIpc) is 1.54. The standard InChI is InChI=1S/2C42H25N3S.C38H23N3S/c1-3-13-26(14-4-1)28-23-24-43-39-33(27-15-5-2-6-16-27)25-36(44-40(28)39)45-34-21-11-9-19-31(34)37-29-17-7-8-18-30(29)38-32-20-10-12-22-35(32)46-42(38)41(37)45;1-2-12-26(13-3-1)39-31-16-6-9-19-34(31)43-42(44-39)27-22-24-28(25-23-27)45-35-20-10-7-17-32(35)37-29-14-4-5-15-30(29)38-33-18-8-11-21-36(33)46-41(38)40(37)45;1-3-13-24(14-4-1)30-23-31(25-15-5-2-6-16-25)40-38(39-30)41-32-21-11-9-19-28(32)34-26-17-7-8-18-27(26)35-29-20-10-12-22-33(29)42-37(35)36(34)41/h2*1-25H;1-23H. The zero-order valence-corrected chi connectivity index (χ0v) is 74.3. The quantitative estimate of drug-likeness (QED) is 0.143. The van der Waals surface area contributed by atoms with Gasteiger partial charge in [0.1, 0.15) is 5.82 Å². The van der Waals surface area contributed by atoms with Crippen LogP contribution in [-0.4, -0.2) is 43.6 Å². The molecule has 12 heteroatoms. The first-order valence-electron chi connectivity index (χ1n) is 45.1. The van der Waals surface area contributed by atoms with Gasteiger partial charge in [0.2, 0.25) is 5.95 Å². The molecule has 0 saturated carbocycles. The Hall–Kier alpha value is -17.0. The molecule has 0 saturated heterocycles. The van der Waals surface area contributed by atoms with Gasteiger partial charge in [0.15, 0.2) is 5.82 Å². The van der Waals surface area contributed by atoms with Crippen molar-refractivity contribution < 1.29 is 0 Å². The number of thiophene rings is 3. The Bertz CT molecular complexity index is 9770. The average molecular weight is 1760 g/mol. The number of rotatable bonds is 9. The van der Waals surface area contributed by atoms with Gasteiger partial charge >= 0.3 is 0 Å². The second kappa shape index (κ2) is 31.4. The summed E-state index contributed by atoms with van der Waals surface area (Å²) in [5, 5.41) is 24.1. The SMILES string of the molecule is c1ccc(-c2cc(-c3ccccc3)nc(-n3c4ccccc4c4c5ccccc5c5c6ccccc6sc5c43)n2)cc1.c1ccc(-c2cc(-n3c4ccccc4c4c5ccccc5c5c6ccccc6sc5c43)nc3c(-c4ccccc4)ccnc23)cc1.c1ccc(-c2nc(-c3ccc(-n4c5ccccc5c5c6ccccc6c6c7ccccc7sc6c54)cc3)nc3ccccc23)cc1. The maximum atomic E-state index is 5.53. The highest BCUT2D eigenvalue weighted by Crippen LogP contribution is 2.53. The summed E-state index contributed by atoms with van der Waals surface area (Å²) in [7, 11) is 0. The number of benzene rings is 19. The molecule has 0 unspecified atom stereocenters. The molecule has 0 amide bonds. The second-order valence-electron chi connectivity index (χ2n) is 34.1. The summed E-state index contributed by atoms with van der Waals surface area (Å²) in [4.78, 5) is 31.1. The molecule has 624 valence electrons. The van der Waals surface area contributed by atoms with E-state index in [1.165, 1.54) is 142 Å². The zero-order valence-electron chi connectivity index (χ0n) is 71.9. The van der Waals surface area contributed by atoms with Crippen LogP contribution < -0.4 is 0 Å². The molecule has 0 aliphatic rings. The lowest BCUT2D eigenvalue weighted by molar-refractivity contribution is 0.998. The number of fused-ring (bicyclic) bond motifs is 32. The van der Waals surface area contributed by atoms with Gasteiger partial charge < -0.3 is 4.57 Å². The van der Waals surface area contributed by atoms with Crippen molar-refractivity contribution in [2.45, 2.75) is 0 Å². The lowest BCUT2D eigenvalue weighted by Gasteiger charge is -2.15. The van der Waals surface area contributed by atoms with E-state index >= 15 is 0 Å². The molecule has 10 aromatic heterocycles. The second-order valence-corrected chi connectivity index (χ2v) is 37.2. The molecule has 0 aliphatic heterocycles. The minimum Gasteiger partial charge on any atom is -0.308 e. The monoisotopic (exact) mass is 1760 g/mol. The van der Waals surface area contributed by atoms with Gasteiger partial charge in [-0.25, -0.2) is 24.9 Å². The van der Waals surface area contributed by atoms with Crippen molar-refractivity contribution in [3.05, 3.63) is 443 Å². The fourth-order valence-corrected chi connectivity index (χ4v) is 24.6. The van der Waals surface area contributed by atoms with Gasteiger partial charge in [-0.3, -0.25) is 14.1 Å². The highest BCUT2D eigenvalue weighted by Gasteiger charge is 2.29. The predicted molar refractivity (Wildman–Crippen MR) is 568 cm³/mol. The molecule has 0 aliphatic carbocycles. The first-order chi connectivity index (χ1) is 66.5. The van der Waals surface area contributed by atoms with E-state index in [4.69, 9.17) is 29.9 Å². The van der Waals surface area contributed by atoms with E-state index in [-0.39, 0.29) is 0 Å². The van der Waals surface area contributed by atoms with Crippen LogP contribution in [0.2, 0.25) is 0 Å². The summed E-state index contributed by atoms with van der Waals surface area (Å²) in [6.07, 6.45) is 1.91. The summed E-state index contributed by atoms with van der Waals surface area (Å²) in [5.74, 6) is 2.29. The molecule has 0 fully saturated rings. The Morgan fingerprint density at radius 3 is 1.03 bits per heavy atom. The predicted octanol–water partition coefficient (Wildman–Crippen LogP) is 33.6. The van der Waals surface area contributed by atoms with Gasteiger partial charge in [0.05, 0.1) is 80.8 Å². The highest BCUT2D eigenvalue weighted by atomic mass is 32.1. The lowest BCUT2D eigenvalue weighted by Crippen LogP contribution is -2.04. The largest absolute Gasteiger partial charge is 0.308 e. The Kier molecular flexibility index (Phi) is 18.0. The molecular formula is C122H73N9S3. The van der Waals surface area contributed by atoms with Crippen molar-refractivity contribution in [2.75, 3.05) is 0 Å². The van der Waals surface area contributed by atoms with Crippen LogP contribution in [0.4, 0.5) is 0 Å². The third-order valence-electron chi connectivity index (χ3n) is 26.6. The minimum absolute atomic E-state index is 0.676. The van der Waals surface area contributed by atoms with Crippen LogP contribution in [0.1, 0.15) is 0 Å². The fraction of sp³-hybridized carbons (Fsp3) is 0. The normalized spacial score (nSPS) is 11.9. The minimum atomic E-state index is 0.676. The van der Waals surface area contributed by atoms with Crippen LogP contribution in [-0.2, 0) is 0 Å². The fourth-order valence-electron chi connectivity index (χ4n) is 20.8. The molecule has 134 heavy (non-hydrogen) atoms. The summed E-state index contributed by atoms with van der Waals surface area (Å²) < 4.78 is 14.9. The van der Waals surface area contributed by atoms with E-state index in [0.29, 0.717) is 5.95 Å². The van der Waals surface area contributed by atoms with E-state index < -0.39 is 0 Å². The van der Waals surface area contributed by atoms with Gasteiger partial charge in [0.25, 0.3) is 0 Å². The Labute approximate surface area is 779 Å². The van der Waals surface area contributed by atoms with Gasteiger partial charge in [0, 0.05) is 129 Å². The number of pyridine rings is 2. The molecule has 0 bridgehead atoms. The molecule has 9 nitrogen and oxygen atoms in total. The smallest absolute Gasteiger partial charge is 0.235 e. The molecule has 0 atom stereocenters. The van der Waals surface area contributed by atoms with Crippen LogP contribution in [0.25, 0.3) is 265 Å². The van der Waals surface area contributed by atoms with Gasteiger partial charge in [-0.2, -0.15) is 0 Å². The summed E-state index contributed by atoms with van der Waals surface area (Å²) in [6.45, 7) is 0. The number of nitrogens with zero attached hydrogens (tertiary/aromatic N) is 9.